The van der Waals surface area contributed by atoms with Gasteiger partial charge in [0.25, 0.3) is 5.91 Å². The van der Waals surface area contributed by atoms with E-state index in [9.17, 15) is 4.79 Å². The molecule has 0 bridgehead atoms. The number of rotatable bonds is 6. The predicted molar refractivity (Wildman–Crippen MR) is 94.5 cm³/mol. The smallest absolute Gasteiger partial charge is 0.252 e. The molecule has 1 atom stereocenters. The molecule has 128 valence electrons. The standard InChI is InChI=1S/C19H20N4O2/c1-3-25-16-11-7-10-15(12-16)19(24)21-17(14-8-5-4-6-9-14)18-20-13(2)22-23-18/h4-12,17H,3H2,1-2H3,(H,21,24)(H,20,22,23)/t17-/m0/s1. The molecule has 0 saturated heterocycles. The molecule has 6 nitrogen and oxygen atoms in total. The van der Waals surface area contributed by atoms with Crippen molar-refractivity contribution in [1.29, 1.82) is 0 Å². The Morgan fingerprint density at radius 1 is 1.20 bits per heavy atom. The number of hydrogen-bond acceptors (Lipinski definition) is 4. The van der Waals surface area contributed by atoms with Gasteiger partial charge in [-0.3, -0.25) is 9.89 Å². The van der Waals surface area contributed by atoms with E-state index >= 15 is 0 Å². The lowest BCUT2D eigenvalue weighted by Crippen LogP contribution is -2.30. The van der Waals surface area contributed by atoms with Gasteiger partial charge in [-0.25, -0.2) is 4.98 Å². The summed E-state index contributed by atoms with van der Waals surface area (Å²) in [5.74, 6) is 1.68. The molecule has 0 saturated carbocycles. The lowest BCUT2D eigenvalue weighted by Gasteiger charge is -2.16. The van der Waals surface area contributed by atoms with Crippen LogP contribution in [0.3, 0.4) is 0 Å². The third kappa shape index (κ3) is 4.03. The van der Waals surface area contributed by atoms with Gasteiger partial charge in [-0.15, -0.1) is 0 Å². The first kappa shape index (κ1) is 16.7. The van der Waals surface area contributed by atoms with Crippen LogP contribution in [0.1, 0.15) is 40.5 Å². The molecule has 25 heavy (non-hydrogen) atoms. The number of ether oxygens (including phenoxy) is 1. The Balaban J connectivity index is 1.87. The largest absolute Gasteiger partial charge is 0.494 e. The van der Waals surface area contributed by atoms with Crippen molar-refractivity contribution in [3.63, 3.8) is 0 Å². The second-order valence-corrected chi connectivity index (χ2v) is 5.56. The van der Waals surface area contributed by atoms with Crippen LogP contribution in [-0.4, -0.2) is 27.7 Å². The Labute approximate surface area is 146 Å². The minimum atomic E-state index is -0.436. The summed E-state index contributed by atoms with van der Waals surface area (Å²) in [7, 11) is 0. The maximum absolute atomic E-state index is 12.7. The maximum atomic E-state index is 12.7. The zero-order chi connectivity index (χ0) is 17.6. The van der Waals surface area contributed by atoms with Gasteiger partial charge in [-0.2, -0.15) is 5.10 Å². The maximum Gasteiger partial charge on any atom is 0.252 e. The van der Waals surface area contributed by atoms with Gasteiger partial charge < -0.3 is 10.1 Å². The SMILES string of the molecule is CCOc1cccc(C(=O)N[C@@H](c2ccccc2)c2n[nH]c(C)n2)c1. The van der Waals surface area contributed by atoms with Gasteiger partial charge >= 0.3 is 0 Å². The molecule has 3 aromatic rings. The molecule has 0 spiro atoms. The van der Waals surface area contributed by atoms with Crippen LogP contribution in [0.25, 0.3) is 0 Å². The molecule has 2 aromatic carbocycles. The lowest BCUT2D eigenvalue weighted by atomic mass is 10.1. The van der Waals surface area contributed by atoms with Crippen LogP contribution in [0.15, 0.2) is 54.6 Å². The van der Waals surface area contributed by atoms with E-state index in [2.05, 4.69) is 20.5 Å². The van der Waals surface area contributed by atoms with Gasteiger partial charge in [0.2, 0.25) is 0 Å². The van der Waals surface area contributed by atoms with E-state index in [-0.39, 0.29) is 5.91 Å². The van der Waals surface area contributed by atoms with Crippen molar-refractivity contribution in [2.75, 3.05) is 6.61 Å². The third-order valence-corrected chi connectivity index (χ3v) is 3.69. The second kappa shape index (κ2) is 7.61. The summed E-state index contributed by atoms with van der Waals surface area (Å²) in [6, 6.07) is 16.3. The summed E-state index contributed by atoms with van der Waals surface area (Å²) >= 11 is 0. The van der Waals surface area contributed by atoms with Crippen molar-refractivity contribution >= 4 is 5.91 Å². The number of amides is 1. The molecular weight excluding hydrogens is 316 g/mol. The summed E-state index contributed by atoms with van der Waals surface area (Å²) in [6.07, 6.45) is 0. The Kier molecular flexibility index (Phi) is 5.09. The Bertz CT molecular complexity index is 845. The van der Waals surface area contributed by atoms with Gasteiger partial charge in [-0.1, -0.05) is 36.4 Å². The van der Waals surface area contributed by atoms with Gasteiger partial charge in [0.05, 0.1) is 6.61 Å². The van der Waals surface area contributed by atoms with Gasteiger partial charge in [0, 0.05) is 5.56 Å². The molecule has 0 fully saturated rings. The molecule has 0 aliphatic heterocycles. The number of carbonyl (C=O) groups is 1. The predicted octanol–water partition coefficient (Wildman–Crippen LogP) is 3.03. The minimum Gasteiger partial charge on any atom is -0.494 e. The molecule has 3 rings (SSSR count). The highest BCUT2D eigenvalue weighted by Gasteiger charge is 2.21. The van der Waals surface area contributed by atoms with E-state index < -0.39 is 6.04 Å². The highest BCUT2D eigenvalue weighted by atomic mass is 16.5. The lowest BCUT2D eigenvalue weighted by molar-refractivity contribution is 0.0941. The number of hydrogen-bond donors (Lipinski definition) is 2. The van der Waals surface area contributed by atoms with E-state index in [1.807, 2.05) is 50.2 Å². The van der Waals surface area contributed by atoms with Gasteiger partial charge in [-0.05, 0) is 37.6 Å². The monoisotopic (exact) mass is 336 g/mol. The van der Waals surface area contributed by atoms with Crippen LogP contribution in [-0.2, 0) is 0 Å². The van der Waals surface area contributed by atoms with E-state index in [0.29, 0.717) is 29.6 Å². The molecule has 0 aliphatic rings. The molecule has 1 heterocycles. The van der Waals surface area contributed by atoms with Crippen LogP contribution < -0.4 is 10.1 Å². The minimum absolute atomic E-state index is 0.210. The normalized spacial score (nSPS) is 11.8. The number of benzene rings is 2. The summed E-state index contributed by atoms with van der Waals surface area (Å²) < 4.78 is 5.46. The molecule has 0 aliphatic carbocycles. The Morgan fingerprint density at radius 2 is 2.00 bits per heavy atom. The molecule has 0 unspecified atom stereocenters. The van der Waals surface area contributed by atoms with Crippen LogP contribution in [0.4, 0.5) is 0 Å². The average Bonchev–Trinajstić information content (AvgIpc) is 3.07. The van der Waals surface area contributed by atoms with Crippen molar-refractivity contribution in [2.24, 2.45) is 0 Å². The fourth-order valence-electron chi connectivity index (χ4n) is 2.54. The summed E-state index contributed by atoms with van der Waals surface area (Å²) in [5.41, 5.74) is 1.44. The van der Waals surface area contributed by atoms with Crippen molar-refractivity contribution in [1.82, 2.24) is 20.5 Å². The number of carbonyl (C=O) groups excluding carboxylic acids is 1. The van der Waals surface area contributed by atoms with E-state index in [4.69, 9.17) is 4.74 Å². The van der Waals surface area contributed by atoms with Gasteiger partial charge in [0.15, 0.2) is 5.82 Å². The number of H-pyrrole nitrogens is 1. The van der Waals surface area contributed by atoms with E-state index in [0.717, 1.165) is 5.56 Å². The van der Waals surface area contributed by atoms with Crippen molar-refractivity contribution < 1.29 is 9.53 Å². The van der Waals surface area contributed by atoms with E-state index in [1.54, 1.807) is 18.2 Å². The third-order valence-electron chi connectivity index (χ3n) is 3.69. The molecule has 2 N–H and O–H groups in total. The topological polar surface area (TPSA) is 79.9 Å². The quantitative estimate of drug-likeness (QED) is 0.725. The highest BCUT2D eigenvalue weighted by Crippen LogP contribution is 2.20. The number of nitrogens with one attached hydrogen (secondary N) is 2. The Hall–Kier alpha value is -3.15. The van der Waals surface area contributed by atoms with Crippen LogP contribution >= 0.6 is 0 Å². The molecule has 1 amide bonds. The molecular formula is C19H20N4O2. The summed E-state index contributed by atoms with van der Waals surface area (Å²) in [5, 5.41) is 10.0. The second-order valence-electron chi connectivity index (χ2n) is 5.56. The fraction of sp³-hybridized carbons (Fsp3) is 0.211. The first-order chi connectivity index (χ1) is 12.2. The number of aryl methyl sites for hydroxylation is 1. The van der Waals surface area contributed by atoms with Crippen LogP contribution in [0, 0.1) is 6.92 Å². The average molecular weight is 336 g/mol. The van der Waals surface area contributed by atoms with Crippen LogP contribution in [0.2, 0.25) is 0 Å². The summed E-state index contributed by atoms with van der Waals surface area (Å²) in [6.45, 7) is 4.28. The number of nitrogens with zero attached hydrogens (tertiary/aromatic N) is 2. The summed E-state index contributed by atoms with van der Waals surface area (Å²) in [4.78, 5) is 17.1. The molecule has 1 aromatic heterocycles. The highest BCUT2D eigenvalue weighted by molar-refractivity contribution is 5.95. The van der Waals surface area contributed by atoms with Crippen LogP contribution in [0.5, 0.6) is 5.75 Å². The first-order valence-corrected chi connectivity index (χ1v) is 8.15. The fourth-order valence-corrected chi connectivity index (χ4v) is 2.54. The first-order valence-electron chi connectivity index (χ1n) is 8.15. The zero-order valence-electron chi connectivity index (χ0n) is 14.2. The zero-order valence-corrected chi connectivity index (χ0v) is 14.2. The van der Waals surface area contributed by atoms with Crippen molar-refractivity contribution in [3.05, 3.63) is 77.4 Å². The molecule has 0 radical (unpaired) electrons. The number of aromatic amines is 1. The molecule has 6 heteroatoms. The van der Waals surface area contributed by atoms with E-state index in [1.165, 1.54) is 0 Å². The van der Waals surface area contributed by atoms with Crippen molar-refractivity contribution in [3.8, 4) is 5.75 Å². The number of aromatic nitrogens is 3. The van der Waals surface area contributed by atoms with Crippen molar-refractivity contribution in [2.45, 2.75) is 19.9 Å². The Morgan fingerprint density at radius 3 is 2.68 bits per heavy atom. The van der Waals surface area contributed by atoms with Gasteiger partial charge in [0.1, 0.15) is 17.6 Å².